The summed E-state index contributed by atoms with van der Waals surface area (Å²) in [6, 6.07) is 0. The molecule has 8 nitrogen and oxygen atoms in total. The number of hydrogen-bond donors (Lipinski definition) is 2. The first-order chi connectivity index (χ1) is 9.92. The molecule has 0 aliphatic carbocycles. The summed E-state index contributed by atoms with van der Waals surface area (Å²) < 4.78 is 29.0. The van der Waals surface area contributed by atoms with Gasteiger partial charge in [0.2, 0.25) is 5.91 Å². The minimum Gasteiger partial charge on any atom is -0.409 e. The first-order valence-corrected chi connectivity index (χ1v) is 8.59. The molecule has 1 amide bonds. The van der Waals surface area contributed by atoms with E-state index in [0.29, 0.717) is 19.4 Å². The summed E-state index contributed by atoms with van der Waals surface area (Å²) in [4.78, 5) is 13.9. The Morgan fingerprint density at radius 3 is 2.71 bits per heavy atom. The van der Waals surface area contributed by atoms with Gasteiger partial charge in [-0.25, -0.2) is 8.42 Å². The van der Waals surface area contributed by atoms with Crippen LogP contribution in [0.1, 0.15) is 25.7 Å². The maximum absolute atomic E-state index is 12.5. The van der Waals surface area contributed by atoms with E-state index in [4.69, 9.17) is 15.7 Å². The van der Waals surface area contributed by atoms with E-state index >= 15 is 0 Å². The number of sulfone groups is 1. The van der Waals surface area contributed by atoms with E-state index in [0.717, 1.165) is 6.42 Å². The minimum atomic E-state index is -3.38. The molecule has 0 aromatic carbocycles. The Hall–Kier alpha value is -1.35. The predicted octanol–water partition coefficient (Wildman–Crippen LogP) is -0.435. The molecular weight excluding hydrogens is 298 g/mol. The van der Waals surface area contributed by atoms with Crippen molar-refractivity contribution < 1.29 is 23.2 Å². The monoisotopic (exact) mass is 321 g/mol. The number of ether oxygens (including phenoxy) is 1. The van der Waals surface area contributed by atoms with Crippen molar-refractivity contribution in [3.63, 3.8) is 0 Å². The second-order valence-corrected chi connectivity index (χ2v) is 7.31. The number of carbonyl (C=O) groups excluding carboxylic acids is 1. The van der Waals surface area contributed by atoms with E-state index in [1.807, 2.05) is 0 Å². The molecule has 122 valence electrons. The number of amides is 1. The largest absolute Gasteiger partial charge is 0.409 e. The van der Waals surface area contributed by atoms with Crippen LogP contribution in [-0.2, 0) is 19.4 Å². The Labute approximate surface area is 124 Å². The van der Waals surface area contributed by atoms with Crippen molar-refractivity contribution in [1.29, 1.82) is 0 Å². The fourth-order valence-corrected chi connectivity index (χ4v) is 4.14. The van der Waals surface area contributed by atoms with Crippen LogP contribution in [0.3, 0.4) is 0 Å². The van der Waals surface area contributed by atoms with Crippen LogP contribution < -0.4 is 5.73 Å². The summed E-state index contributed by atoms with van der Waals surface area (Å²) in [5.74, 6) is -0.365. The van der Waals surface area contributed by atoms with Gasteiger partial charge in [-0.05, 0) is 12.8 Å². The van der Waals surface area contributed by atoms with Crippen molar-refractivity contribution >= 4 is 21.6 Å². The zero-order valence-electron chi connectivity index (χ0n) is 12.2. The fraction of sp³-hybridized carbons (Fsp3) is 0.833. The van der Waals surface area contributed by atoms with Crippen LogP contribution in [0.4, 0.5) is 0 Å². The molecule has 1 fully saturated rings. The number of nitrogens with two attached hydrogens (primary N) is 1. The van der Waals surface area contributed by atoms with E-state index in [-0.39, 0.29) is 31.1 Å². The Bertz CT molecular complexity index is 477. The minimum absolute atomic E-state index is 0.00304. The molecule has 1 saturated heterocycles. The summed E-state index contributed by atoms with van der Waals surface area (Å²) in [6.45, 7) is 0.777. The zero-order valence-corrected chi connectivity index (χ0v) is 13.0. The Morgan fingerprint density at radius 1 is 1.43 bits per heavy atom. The molecule has 0 aromatic rings. The molecule has 0 spiro atoms. The lowest BCUT2D eigenvalue weighted by Crippen LogP contribution is -2.47. The quantitative estimate of drug-likeness (QED) is 0.284. The van der Waals surface area contributed by atoms with Crippen molar-refractivity contribution in [2.24, 2.45) is 10.9 Å². The number of carbonyl (C=O) groups is 1. The first kappa shape index (κ1) is 17.7. The molecule has 21 heavy (non-hydrogen) atoms. The van der Waals surface area contributed by atoms with Crippen LogP contribution in [-0.4, -0.2) is 68.1 Å². The molecule has 0 aromatic heterocycles. The molecule has 0 bridgehead atoms. The molecule has 1 unspecified atom stereocenters. The van der Waals surface area contributed by atoms with Gasteiger partial charge in [-0.2, -0.15) is 0 Å². The maximum Gasteiger partial charge on any atom is 0.240 e. The summed E-state index contributed by atoms with van der Waals surface area (Å²) in [5, 5.41) is 10.4. The highest BCUT2D eigenvalue weighted by Gasteiger charge is 2.37. The van der Waals surface area contributed by atoms with Crippen LogP contribution in [0, 0.1) is 0 Å². The van der Waals surface area contributed by atoms with Crippen LogP contribution in [0.2, 0.25) is 0 Å². The molecule has 1 aliphatic heterocycles. The second-order valence-electron chi connectivity index (χ2n) is 5.01. The third kappa shape index (κ3) is 5.16. The van der Waals surface area contributed by atoms with Crippen LogP contribution >= 0.6 is 0 Å². The molecule has 0 saturated carbocycles. The Kier molecular flexibility index (Phi) is 6.90. The normalized spacial score (nSPS) is 22.0. The number of oxime groups is 1. The third-order valence-electron chi connectivity index (χ3n) is 3.50. The standard InChI is InChI=1S/C12H23N3O5S/c1-20-8-7-15(6-5-11(13)14-17)12(16)10-4-2-3-9-21(10,18)19/h10,17H,2-9H2,1H3,(H2,13,14). The maximum atomic E-state index is 12.5. The molecule has 0 radical (unpaired) electrons. The summed E-state index contributed by atoms with van der Waals surface area (Å²) >= 11 is 0. The molecule has 1 heterocycles. The molecule has 1 rings (SSSR count). The van der Waals surface area contributed by atoms with Gasteiger partial charge in [0.25, 0.3) is 0 Å². The predicted molar refractivity (Wildman–Crippen MR) is 77.9 cm³/mol. The number of rotatable bonds is 7. The highest BCUT2D eigenvalue weighted by atomic mass is 32.2. The van der Waals surface area contributed by atoms with Gasteiger partial charge in [0.15, 0.2) is 9.84 Å². The van der Waals surface area contributed by atoms with Crippen LogP contribution in [0.5, 0.6) is 0 Å². The number of methoxy groups -OCH3 is 1. The van der Waals surface area contributed by atoms with E-state index < -0.39 is 21.0 Å². The number of nitrogens with zero attached hydrogens (tertiary/aromatic N) is 2. The SMILES string of the molecule is COCCN(CCC(N)=NO)C(=O)C1CCCCS1(=O)=O. The molecule has 1 aliphatic rings. The lowest BCUT2D eigenvalue weighted by Gasteiger charge is -2.29. The smallest absolute Gasteiger partial charge is 0.240 e. The van der Waals surface area contributed by atoms with E-state index in [9.17, 15) is 13.2 Å². The van der Waals surface area contributed by atoms with Crippen molar-refractivity contribution in [2.45, 2.75) is 30.9 Å². The van der Waals surface area contributed by atoms with Crippen molar-refractivity contribution in [3.8, 4) is 0 Å². The summed E-state index contributed by atoms with van der Waals surface area (Å²) in [5.41, 5.74) is 5.39. The third-order valence-corrected chi connectivity index (χ3v) is 5.66. The van der Waals surface area contributed by atoms with Gasteiger partial charge in [0, 0.05) is 26.6 Å². The van der Waals surface area contributed by atoms with Gasteiger partial charge in [-0.15, -0.1) is 0 Å². The molecule has 9 heteroatoms. The Balaban J connectivity index is 2.78. The average Bonchev–Trinajstić information content (AvgIpc) is 2.46. The van der Waals surface area contributed by atoms with Gasteiger partial charge < -0.3 is 20.6 Å². The Morgan fingerprint density at radius 2 is 2.14 bits per heavy atom. The van der Waals surface area contributed by atoms with Crippen LogP contribution in [0.15, 0.2) is 5.16 Å². The second kappa shape index (κ2) is 8.18. The van der Waals surface area contributed by atoms with Crippen LogP contribution in [0.25, 0.3) is 0 Å². The van der Waals surface area contributed by atoms with Gasteiger partial charge in [-0.1, -0.05) is 11.6 Å². The topological polar surface area (TPSA) is 122 Å². The molecular formula is C12H23N3O5S. The molecule has 3 N–H and O–H groups in total. The van der Waals surface area contributed by atoms with E-state index in [1.54, 1.807) is 0 Å². The zero-order chi connectivity index (χ0) is 15.9. The van der Waals surface area contributed by atoms with Gasteiger partial charge in [0.1, 0.15) is 11.1 Å². The number of amidine groups is 1. The highest BCUT2D eigenvalue weighted by molar-refractivity contribution is 7.92. The average molecular weight is 321 g/mol. The molecule has 1 atom stereocenters. The van der Waals surface area contributed by atoms with Crippen molar-refractivity contribution in [3.05, 3.63) is 0 Å². The summed E-state index contributed by atoms with van der Waals surface area (Å²) in [6.07, 6.45) is 1.87. The van der Waals surface area contributed by atoms with Crippen molar-refractivity contribution in [2.75, 3.05) is 32.6 Å². The van der Waals surface area contributed by atoms with Gasteiger partial charge >= 0.3 is 0 Å². The lowest BCUT2D eigenvalue weighted by molar-refractivity contribution is -0.131. The van der Waals surface area contributed by atoms with Gasteiger partial charge in [0.05, 0.1) is 12.4 Å². The lowest BCUT2D eigenvalue weighted by atomic mass is 10.1. The van der Waals surface area contributed by atoms with Gasteiger partial charge in [-0.3, -0.25) is 4.79 Å². The number of hydrogen-bond acceptors (Lipinski definition) is 6. The fourth-order valence-electron chi connectivity index (χ4n) is 2.27. The first-order valence-electron chi connectivity index (χ1n) is 6.88. The highest BCUT2D eigenvalue weighted by Crippen LogP contribution is 2.21. The van der Waals surface area contributed by atoms with E-state index in [1.165, 1.54) is 12.0 Å². The van der Waals surface area contributed by atoms with Crippen molar-refractivity contribution in [1.82, 2.24) is 4.90 Å². The summed E-state index contributed by atoms with van der Waals surface area (Å²) in [7, 11) is -1.88. The van der Waals surface area contributed by atoms with E-state index in [2.05, 4.69) is 5.16 Å².